The van der Waals surface area contributed by atoms with Crippen molar-refractivity contribution in [3.8, 4) is 0 Å². The lowest BCUT2D eigenvalue weighted by Gasteiger charge is -2.61. The van der Waals surface area contributed by atoms with E-state index in [4.69, 9.17) is 4.74 Å². The van der Waals surface area contributed by atoms with Gasteiger partial charge in [0.2, 0.25) is 0 Å². The second-order valence-electron chi connectivity index (χ2n) is 10.2. The highest BCUT2D eigenvalue weighted by Gasteiger charge is 2.65. The van der Waals surface area contributed by atoms with Gasteiger partial charge in [0.15, 0.2) is 0 Å². The average molecular weight is 397 g/mol. The molecule has 0 aliphatic heterocycles. The predicted octanol–water partition coefficient (Wildman–Crippen LogP) is 4.54. The van der Waals surface area contributed by atoms with Gasteiger partial charge in [-0.2, -0.15) is 0 Å². The fourth-order valence-corrected chi connectivity index (χ4v) is 6.57. The number of benzene rings is 1. The molecule has 4 rings (SSSR count). The van der Waals surface area contributed by atoms with Gasteiger partial charge in [-0.05, 0) is 54.9 Å². The SMILES string of the molecule is C[C@@H]1CC(=O)CC2[C@@]3(C)CC[C@](C)(OCc4ccccc4)CC3CC(=O)[C@]21C=O. The number of carbonyl (C=O) groups is 3. The Kier molecular flexibility index (Phi) is 5.05. The first-order valence-electron chi connectivity index (χ1n) is 10.9. The number of Topliss-reactive ketones (excluding diaryl/α,β-unsaturated/α-hetero) is 2. The highest BCUT2D eigenvalue weighted by Crippen LogP contribution is 2.64. The minimum Gasteiger partial charge on any atom is -0.371 e. The molecular formula is C25H32O4. The van der Waals surface area contributed by atoms with Crippen LogP contribution in [0.1, 0.15) is 64.9 Å². The lowest BCUT2D eigenvalue weighted by atomic mass is 9.41. The van der Waals surface area contributed by atoms with Crippen molar-refractivity contribution < 1.29 is 19.1 Å². The van der Waals surface area contributed by atoms with Crippen LogP contribution in [0.15, 0.2) is 30.3 Å². The van der Waals surface area contributed by atoms with Crippen molar-refractivity contribution in [1.82, 2.24) is 0 Å². The van der Waals surface area contributed by atoms with Crippen LogP contribution in [0.3, 0.4) is 0 Å². The van der Waals surface area contributed by atoms with E-state index in [2.05, 4.69) is 26.0 Å². The Hall–Kier alpha value is -1.81. The van der Waals surface area contributed by atoms with E-state index in [1.54, 1.807) is 0 Å². The van der Waals surface area contributed by atoms with Crippen LogP contribution in [-0.4, -0.2) is 23.5 Å². The molecule has 0 radical (unpaired) electrons. The van der Waals surface area contributed by atoms with Gasteiger partial charge in [-0.15, -0.1) is 0 Å². The zero-order valence-electron chi connectivity index (χ0n) is 17.8. The van der Waals surface area contributed by atoms with E-state index in [0.29, 0.717) is 25.9 Å². The quantitative estimate of drug-likeness (QED) is 0.554. The van der Waals surface area contributed by atoms with Crippen LogP contribution in [0.4, 0.5) is 0 Å². The smallest absolute Gasteiger partial charge is 0.147 e. The van der Waals surface area contributed by atoms with Crippen LogP contribution in [0.5, 0.6) is 0 Å². The summed E-state index contributed by atoms with van der Waals surface area (Å²) in [5, 5.41) is 0. The number of ketones is 2. The van der Waals surface area contributed by atoms with Crippen LogP contribution in [0.25, 0.3) is 0 Å². The fourth-order valence-electron chi connectivity index (χ4n) is 6.57. The molecule has 6 atom stereocenters. The summed E-state index contributed by atoms with van der Waals surface area (Å²) in [5.41, 5.74) is -0.285. The first-order valence-corrected chi connectivity index (χ1v) is 10.9. The molecule has 0 aromatic heterocycles. The maximum Gasteiger partial charge on any atom is 0.147 e. The molecule has 0 saturated heterocycles. The molecule has 0 bridgehead atoms. The van der Waals surface area contributed by atoms with E-state index in [0.717, 1.165) is 31.1 Å². The molecular weight excluding hydrogens is 364 g/mol. The monoisotopic (exact) mass is 396 g/mol. The molecule has 0 spiro atoms. The molecule has 4 nitrogen and oxygen atoms in total. The largest absolute Gasteiger partial charge is 0.371 e. The lowest BCUT2D eigenvalue weighted by molar-refractivity contribution is -0.185. The van der Waals surface area contributed by atoms with E-state index >= 15 is 0 Å². The van der Waals surface area contributed by atoms with Crippen LogP contribution in [0.2, 0.25) is 0 Å². The van der Waals surface area contributed by atoms with Gasteiger partial charge in [-0.1, -0.05) is 44.2 Å². The van der Waals surface area contributed by atoms with E-state index < -0.39 is 5.41 Å². The Morgan fingerprint density at radius 2 is 1.79 bits per heavy atom. The second-order valence-corrected chi connectivity index (χ2v) is 10.2. The van der Waals surface area contributed by atoms with Gasteiger partial charge in [0.1, 0.15) is 17.9 Å². The third kappa shape index (κ3) is 3.20. The molecule has 0 heterocycles. The van der Waals surface area contributed by atoms with E-state index in [9.17, 15) is 14.4 Å². The van der Waals surface area contributed by atoms with Gasteiger partial charge in [-0.25, -0.2) is 0 Å². The number of carbonyl (C=O) groups excluding carboxylic acids is 3. The van der Waals surface area contributed by atoms with Crippen molar-refractivity contribution in [2.75, 3.05) is 0 Å². The van der Waals surface area contributed by atoms with Gasteiger partial charge in [0.25, 0.3) is 0 Å². The van der Waals surface area contributed by atoms with Crippen molar-refractivity contribution in [2.24, 2.45) is 28.6 Å². The summed E-state index contributed by atoms with van der Waals surface area (Å²) < 4.78 is 6.37. The molecule has 3 saturated carbocycles. The highest BCUT2D eigenvalue weighted by molar-refractivity contribution is 6.02. The molecule has 3 fully saturated rings. The summed E-state index contributed by atoms with van der Waals surface area (Å²) in [6, 6.07) is 10.1. The Balaban J connectivity index is 1.58. The van der Waals surface area contributed by atoms with Gasteiger partial charge >= 0.3 is 0 Å². The Morgan fingerprint density at radius 3 is 2.48 bits per heavy atom. The summed E-state index contributed by atoms with van der Waals surface area (Å²) in [4.78, 5) is 38.0. The van der Waals surface area contributed by atoms with E-state index in [1.165, 1.54) is 0 Å². The summed E-state index contributed by atoms with van der Waals surface area (Å²) in [6.45, 7) is 6.84. The second kappa shape index (κ2) is 7.16. The standard InChI is InChI=1S/C25H32O4/c1-17-11-20(27)13-21-24(3)10-9-23(2,29-15-18-7-5-4-6-8-18)14-19(24)12-22(28)25(17,21)16-26/h4-8,16-17,19,21H,9-15H2,1-3H3/t17-,19?,21?,23+,24+,25+/m1/s1. The first kappa shape index (κ1) is 20.5. The third-order valence-corrected chi connectivity index (χ3v) is 8.50. The van der Waals surface area contributed by atoms with Crippen LogP contribution in [0, 0.1) is 28.6 Å². The number of aldehydes is 1. The topological polar surface area (TPSA) is 60.4 Å². The highest BCUT2D eigenvalue weighted by atomic mass is 16.5. The zero-order valence-corrected chi connectivity index (χ0v) is 17.8. The Bertz CT molecular complexity index is 817. The molecule has 29 heavy (non-hydrogen) atoms. The molecule has 1 aromatic carbocycles. The first-order chi connectivity index (χ1) is 13.7. The van der Waals surface area contributed by atoms with Gasteiger partial charge in [0, 0.05) is 19.3 Å². The van der Waals surface area contributed by atoms with Gasteiger partial charge in [-0.3, -0.25) is 9.59 Å². The van der Waals surface area contributed by atoms with Crippen LogP contribution < -0.4 is 0 Å². The summed E-state index contributed by atoms with van der Waals surface area (Å²) in [6.07, 6.45) is 4.61. The molecule has 3 aliphatic rings. The number of fused-ring (bicyclic) bond motifs is 3. The van der Waals surface area contributed by atoms with Crippen molar-refractivity contribution in [1.29, 1.82) is 0 Å². The van der Waals surface area contributed by atoms with E-state index in [-0.39, 0.29) is 40.3 Å². The third-order valence-electron chi connectivity index (χ3n) is 8.50. The maximum atomic E-state index is 13.3. The molecule has 1 aromatic rings. The molecule has 156 valence electrons. The van der Waals surface area contributed by atoms with Crippen molar-refractivity contribution in [3.63, 3.8) is 0 Å². The number of hydrogen-bond acceptors (Lipinski definition) is 4. The molecule has 0 N–H and O–H groups in total. The van der Waals surface area contributed by atoms with Gasteiger partial charge < -0.3 is 9.53 Å². The predicted molar refractivity (Wildman–Crippen MR) is 110 cm³/mol. The lowest BCUT2D eigenvalue weighted by Crippen LogP contribution is -2.63. The summed E-state index contributed by atoms with van der Waals surface area (Å²) >= 11 is 0. The molecule has 2 unspecified atom stereocenters. The minimum atomic E-state index is -0.974. The fraction of sp³-hybridized carbons (Fsp3) is 0.640. The van der Waals surface area contributed by atoms with E-state index in [1.807, 2.05) is 25.1 Å². The number of hydrogen-bond donors (Lipinski definition) is 0. The number of ether oxygens (including phenoxy) is 1. The Labute approximate surface area is 173 Å². The minimum absolute atomic E-state index is 0.0484. The van der Waals surface area contributed by atoms with Crippen LogP contribution in [-0.2, 0) is 25.7 Å². The van der Waals surface area contributed by atoms with Crippen molar-refractivity contribution in [2.45, 2.75) is 71.5 Å². The van der Waals surface area contributed by atoms with Gasteiger partial charge in [0.05, 0.1) is 17.6 Å². The van der Waals surface area contributed by atoms with Crippen LogP contribution >= 0.6 is 0 Å². The molecule has 3 aliphatic carbocycles. The normalized spacial score (nSPS) is 42.1. The average Bonchev–Trinajstić information content (AvgIpc) is 2.69. The van der Waals surface area contributed by atoms with Crippen molar-refractivity contribution >= 4 is 17.9 Å². The molecule has 0 amide bonds. The molecule has 4 heteroatoms. The number of rotatable bonds is 4. The summed E-state index contributed by atoms with van der Waals surface area (Å²) in [5.74, 6) is 0.0316. The summed E-state index contributed by atoms with van der Waals surface area (Å²) in [7, 11) is 0. The van der Waals surface area contributed by atoms with Crippen molar-refractivity contribution in [3.05, 3.63) is 35.9 Å². The maximum absolute atomic E-state index is 13.3. The zero-order chi connectivity index (χ0) is 20.9. The Morgan fingerprint density at radius 1 is 1.07 bits per heavy atom.